The predicted molar refractivity (Wildman–Crippen MR) is 66.8 cm³/mol. The first-order valence-corrected chi connectivity index (χ1v) is 6.30. The summed E-state index contributed by atoms with van der Waals surface area (Å²) in [7, 11) is 0. The van der Waals surface area contributed by atoms with Crippen LogP contribution in [0.2, 0.25) is 5.02 Å². The van der Waals surface area contributed by atoms with Crippen LogP contribution in [0.4, 0.5) is 0 Å². The zero-order valence-corrected chi connectivity index (χ0v) is 10.8. The molecule has 0 saturated heterocycles. The molecule has 0 N–H and O–H groups in total. The minimum atomic E-state index is 0.0361. The lowest BCUT2D eigenvalue weighted by Crippen LogP contribution is -2.12. The lowest BCUT2D eigenvalue weighted by atomic mass is 10.2. The van der Waals surface area contributed by atoms with E-state index in [1.54, 1.807) is 16.1 Å². The Morgan fingerprint density at radius 1 is 1.47 bits per heavy atom. The van der Waals surface area contributed by atoms with Crippen molar-refractivity contribution in [3.8, 4) is 0 Å². The molecule has 0 radical (unpaired) electrons. The Morgan fingerprint density at radius 2 is 2.27 bits per heavy atom. The Bertz CT molecular complexity index is 534. The summed E-state index contributed by atoms with van der Waals surface area (Å²) in [4.78, 5) is 11.4. The Balaban J connectivity index is 2.33. The highest BCUT2D eigenvalue weighted by Gasteiger charge is 2.03. The first-order chi connectivity index (χ1) is 7.16. The molecule has 0 bridgehead atoms. The average molecular weight is 305 g/mol. The molecule has 1 aromatic carbocycles. The molecular formula is C10H7BrClNOS. The number of aromatic nitrogens is 1. The van der Waals surface area contributed by atoms with E-state index in [2.05, 4.69) is 15.9 Å². The molecule has 2 nitrogen and oxygen atoms in total. The topological polar surface area (TPSA) is 22.0 Å². The molecule has 0 aliphatic carbocycles. The molecular weight excluding hydrogens is 298 g/mol. The third kappa shape index (κ3) is 2.51. The summed E-state index contributed by atoms with van der Waals surface area (Å²) in [6, 6.07) is 5.66. The maximum absolute atomic E-state index is 11.3. The van der Waals surface area contributed by atoms with Crippen molar-refractivity contribution in [1.29, 1.82) is 0 Å². The van der Waals surface area contributed by atoms with Gasteiger partial charge in [0.05, 0.1) is 6.54 Å². The van der Waals surface area contributed by atoms with E-state index in [0.717, 1.165) is 10.0 Å². The van der Waals surface area contributed by atoms with E-state index in [0.29, 0.717) is 11.6 Å². The Labute approximate surface area is 104 Å². The number of thiazole rings is 1. The highest BCUT2D eigenvalue weighted by molar-refractivity contribution is 9.10. The van der Waals surface area contributed by atoms with Crippen LogP contribution >= 0.6 is 38.9 Å². The van der Waals surface area contributed by atoms with Crippen molar-refractivity contribution in [3.63, 3.8) is 0 Å². The molecule has 15 heavy (non-hydrogen) atoms. The van der Waals surface area contributed by atoms with E-state index in [4.69, 9.17) is 11.6 Å². The number of halogens is 2. The number of nitrogens with zero attached hydrogens (tertiary/aromatic N) is 1. The SMILES string of the molecule is O=c1sccn1Cc1ccc(Br)cc1Cl. The van der Waals surface area contributed by atoms with Crippen LogP contribution in [0.15, 0.2) is 39.0 Å². The van der Waals surface area contributed by atoms with Gasteiger partial charge in [-0.25, -0.2) is 0 Å². The van der Waals surface area contributed by atoms with Crippen molar-refractivity contribution in [2.75, 3.05) is 0 Å². The van der Waals surface area contributed by atoms with Gasteiger partial charge in [0.25, 0.3) is 0 Å². The highest BCUT2D eigenvalue weighted by atomic mass is 79.9. The van der Waals surface area contributed by atoms with Gasteiger partial charge in [-0.15, -0.1) is 0 Å². The van der Waals surface area contributed by atoms with Crippen molar-refractivity contribution >= 4 is 38.9 Å². The van der Waals surface area contributed by atoms with Crippen LogP contribution in [0.1, 0.15) is 5.56 Å². The minimum absolute atomic E-state index is 0.0361. The molecule has 0 aliphatic rings. The highest BCUT2D eigenvalue weighted by Crippen LogP contribution is 2.21. The minimum Gasteiger partial charge on any atom is -0.301 e. The van der Waals surface area contributed by atoms with E-state index in [-0.39, 0.29) is 4.87 Å². The second kappa shape index (κ2) is 4.51. The van der Waals surface area contributed by atoms with E-state index in [1.807, 2.05) is 18.2 Å². The van der Waals surface area contributed by atoms with Crippen molar-refractivity contribution in [1.82, 2.24) is 4.57 Å². The zero-order valence-electron chi connectivity index (χ0n) is 7.61. The lowest BCUT2D eigenvalue weighted by Gasteiger charge is -2.04. The smallest absolute Gasteiger partial charge is 0.301 e. The molecule has 0 saturated carbocycles. The monoisotopic (exact) mass is 303 g/mol. The number of hydrogen-bond acceptors (Lipinski definition) is 2. The molecule has 1 aromatic heterocycles. The Morgan fingerprint density at radius 3 is 2.87 bits per heavy atom. The molecule has 0 fully saturated rings. The van der Waals surface area contributed by atoms with Crippen molar-refractivity contribution in [3.05, 3.63) is 54.5 Å². The fourth-order valence-electron chi connectivity index (χ4n) is 1.24. The Kier molecular flexibility index (Phi) is 3.29. The third-order valence-electron chi connectivity index (χ3n) is 2.00. The normalized spacial score (nSPS) is 10.5. The summed E-state index contributed by atoms with van der Waals surface area (Å²) >= 11 is 10.6. The van der Waals surface area contributed by atoms with Crippen molar-refractivity contribution in [2.45, 2.75) is 6.54 Å². The van der Waals surface area contributed by atoms with Gasteiger partial charge >= 0.3 is 4.87 Å². The molecule has 0 atom stereocenters. The Hall–Kier alpha value is -0.580. The quantitative estimate of drug-likeness (QED) is 0.834. The first kappa shape index (κ1) is 10.9. The van der Waals surface area contributed by atoms with Crippen LogP contribution in [0.3, 0.4) is 0 Å². The fourth-order valence-corrected chi connectivity index (χ4v) is 2.56. The van der Waals surface area contributed by atoms with Crippen LogP contribution < -0.4 is 4.87 Å². The van der Waals surface area contributed by atoms with Crippen molar-refractivity contribution in [2.24, 2.45) is 0 Å². The van der Waals surface area contributed by atoms with Crippen LogP contribution in [0, 0.1) is 0 Å². The van der Waals surface area contributed by atoms with Gasteiger partial charge < -0.3 is 4.57 Å². The van der Waals surface area contributed by atoms with E-state index < -0.39 is 0 Å². The van der Waals surface area contributed by atoms with Crippen LogP contribution in [-0.4, -0.2) is 4.57 Å². The molecule has 0 spiro atoms. The van der Waals surface area contributed by atoms with Crippen molar-refractivity contribution < 1.29 is 0 Å². The van der Waals surface area contributed by atoms with Crippen LogP contribution in [0.5, 0.6) is 0 Å². The van der Waals surface area contributed by atoms with Crippen LogP contribution in [-0.2, 0) is 6.54 Å². The average Bonchev–Trinajstić information content (AvgIpc) is 2.57. The molecule has 0 unspecified atom stereocenters. The summed E-state index contributed by atoms with van der Waals surface area (Å²) in [5.41, 5.74) is 0.945. The number of rotatable bonds is 2. The van der Waals surface area contributed by atoms with E-state index in [9.17, 15) is 4.79 Å². The summed E-state index contributed by atoms with van der Waals surface area (Å²) < 4.78 is 2.58. The van der Waals surface area contributed by atoms with Gasteiger partial charge in [-0.3, -0.25) is 4.79 Å². The molecule has 0 amide bonds. The van der Waals surface area contributed by atoms with Gasteiger partial charge in [-0.05, 0) is 17.7 Å². The van der Waals surface area contributed by atoms with Gasteiger partial charge in [-0.2, -0.15) is 0 Å². The molecule has 2 aromatic rings. The number of hydrogen-bond donors (Lipinski definition) is 0. The van der Waals surface area contributed by atoms with E-state index >= 15 is 0 Å². The van der Waals surface area contributed by atoms with Gasteiger partial charge in [0.2, 0.25) is 0 Å². The van der Waals surface area contributed by atoms with E-state index in [1.165, 1.54) is 11.3 Å². The molecule has 0 aliphatic heterocycles. The van der Waals surface area contributed by atoms with Crippen LogP contribution in [0.25, 0.3) is 0 Å². The molecule has 5 heteroatoms. The summed E-state index contributed by atoms with van der Waals surface area (Å²) in [5.74, 6) is 0. The largest absolute Gasteiger partial charge is 0.307 e. The maximum Gasteiger partial charge on any atom is 0.307 e. The summed E-state index contributed by atoms with van der Waals surface area (Å²) in [6.45, 7) is 0.522. The molecule has 1 heterocycles. The van der Waals surface area contributed by atoms with Gasteiger partial charge in [-0.1, -0.05) is 44.9 Å². The fraction of sp³-hybridized carbons (Fsp3) is 0.100. The second-order valence-electron chi connectivity index (χ2n) is 3.03. The maximum atomic E-state index is 11.3. The molecule has 78 valence electrons. The lowest BCUT2D eigenvalue weighted by molar-refractivity contribution is 0.784. The zero-order chi connectivity index (χ0) is 10.8. The van der Waals surface area contributed by atoms with Gasteiger partial charge in [0.15, 0.2) is 0 Å². The second-order valence-corrected chi connectivity index (χ2v) is 5.21. The molecule has 2 rings (SSSR count). The summed E-state index contributed by atoms with van der Waals surface area (Å²) in [6.07, 6.45) is 1.77. The standard InChI is InChI=1S/C10H7BrClNOS/c11-8-2-1-7(9(12)5-8)6-13-3-4-15-10(13)14/h1-5H,6H2. The first-order valence-electron chi connectivity index (χ1n) is 4.24. The third-order valence-corrected chi connectivity index (χ3v) is 3.54. The number of benzene rings is 1. The van der Waals surface area contributed by atoms with Gasteiger partial charge in [0.1, 0.15) is 0 Å². The summed E-state index contributed by atoms with van der Waals surface area (Å²) in [5, 5.41) is 2.44. The van der Waals surface area contributed by atoms with Gasteiger partial charge in [0, 0.05) is 21.1 Å². The predicted octanol–water partition coefficient (Wildman–Crippen LogP) is 3.37.